The number of hydrogen-bond acceptors (Lipinski definition) is 5. The molecule has 1 amide bonds. The van der Waals surface area contributed by atoms with Gasteiger partial charge in [-0.3, -0.25) is 4.79 Å². The molecule has 5 nitrogen and oxygen atoms in total. The van der Waals surface area contributed by atoms with Crippen LogP contribution in [0.1, 0.15) is 20.8 Å². The average molecular weight is 416 g/mol. The van der Waals surface area contributed by atoms with Crippen LogP contribution in [0.15, 0.2) is 47.8 Å². The van der Waals surface area contributed by atoms with Crippen LogP contribution in [0.3, 0.4) is 0 Å². The highest BCUT2D eigenvalue weighted by atomic mass is 35.5. The van der Waals surface area contributed by atoms with Gasteiger partial charge in [-0.2, -0.15) is 0 Å². The Labute approximate surface area is 171 Å². The quantitative estimate of drug-likeness (QED) is 0.613. The van der Waals surface area contributed by atoms with E-state index in [0.29, 0.717) is 52.7 Å². The van der Waals surface area contributed by atoms with Gasteiger partial charge < -0.3 is 19.5 Å². The molecule has 0 bridgehead atoms. The maximum atomic E-state index is 12.5. The number of hydrogen-bond donors (Lipinski definition) is 1. The van der Waals surface area contributed by atoms with Crippen molar-refractivity contribution in [1.82, 2.24) is 0 Å². The van der Waals surface area contributed by atoms with Crippen LogP contribution in [0.4, 0.5) is 5.69 Å². The second kappa shape index (κ2) is 8.12. The molecule has 1 aromatic heterocycles. The molecule has 2 heterocycles. The fourth-order valence-corrected chi connectivity index (χ4v) is 3.73. The van der Waals surface area contributed by atoms with E-state index in [1.165, 1.54) is 11.3 Å². The normalized spacial score (nSPS) is 12.5. The first kappa shape index (κ1) is 18.7. The third-order valence-corrected chi connectivity index (χ3v) is 5.45. The lowest BCUT2D eigenvalue weighted by Crippen LogP contribution is -2.16. The van der Waals surface area contributed by atoms with Gasteiger partial charge in [0.2, 0.25) is 0 Å². The van der Waals surface area contributed by atoms with Crippen LogP contribution >= 0.6 is 22.9 Å². The van der Waals surface area contributed by atoms with Crippen molar-refractivity contribution in [1.29, 1.82) is 0 Å². The molecular formula is C21H18ClNO4S. The van der Waals surface area contributed by atoms with Crippen LogP contribution in [0.2, 0.25) is 5.02 Å². The molecule has 0 saturated carbocycles. The van der Waals surface area contributed by atoms with E-state index in [0.717, 1.165) is 11.1 Å². The predicted octanol–water partition coefficient (Wildman–Crippen LogP) is 5.31. The van der Waals surface area contributed by atoms with Crippen LogP contribution in [-0.4, -0.2) is 19.1 Å². The lowest BCUT2D eigenvalue weighted by Gasteiger charge is -2.18. The number of fused-ring (bicyclic) bond motifs is 1. The van der Waals surface area contributed by atoms with Gasteiger partial charge in [-0.05, 0) is 48.2 Å². The van der Waals surface area contributed by atoms with E-state index in [2.05, 4.69) is 5.32 Å². The summed E-state index contributed by atoms with van der Waals surface area (Å²) in [4.78, 5) is 13.1. The summed E-state index contributed by atoms with van der Waals surface area (Å²) in [5.74, 6) is 1.78. The van der Waals surface area contributed by atoms with Crippen molar-refractivity contribution >= 4 is 34.5 Å². The molecule has 144 valence electrons. The topological polar surface area (TPSA) is 56.8 Å². The Hall–Kier alpha value is -2.70. The Bertz CT molecular complexity index is 1020. The number of carbonyl (C=O) groups excluding carboxylic acids is 1. The van der Waals surface area contributed by atoms with E-state index in [1.807, 2.05) is 36.6 Å². The number of nitrogens with one attached hydrogen (secondary N) is 1. The maximum Gasteiger partial charge on any atom is 0.265 e. The molecule has 1 aliphatic heterocycles. The molecule has 0 saturated heterocycles. The number of thiophene rings is 1. The van der Waals surface area contributed by atoms with Crippen molar-refractivity contribution in [3.8, 4) is 17.2 Å². The fourth-order valence-electron chi connectivity index (χ4n) is 2.77. The molecule has 0 fully saturated rings. The largest absolute Gasteiger partial charge is 0.487 e. The van der Waals surface area contributed by atoms with Crippen molar-refractivity contribution in [2.24, 2.45) is 0 Å². The van der Waals surface area contributed by atoms with Gasteiger partial charge in [-0.25, -0.2) is 0 Å². The predicted molar refractivity (Wildman–Crippen MR) is 110 cm³/mol. The average Bonchev–Trinajstić information content (AvgIpc) is 3.18. The van der Waals surface area contributed by atoms with Crippen molar-refractivity contribution in [3.05, 3.63) is 68.9 Å². The molecule has 1 N–H and O–H groups in total. The Morgan fingerprint density at radius 2 is 1.96 bits per heavy atom. The highest BCUT2D eigenvalue weighted by Gasteiger charge is 2.15. The Morgan fingerprint density at radius 3 is 2.82 bits per heavy atom. The van der Waals surface area contributed by atoms with Crippen molar-refractivity contribution in [2.75, 3.05) is 18.5 Å². The first-order valence-electron chi connectivity index (χ1n) is 8.76. The number of halogens is 1. The Morgan fingerprint density at radius 1 is 1.14 bits per heavy atom. The SMILES string of the molecule is Cc1ccc(Cl)c(OCc2csc(C(=O)Nc3ccc4c(c3)OCCO4)c2)c1. The van der Waals surface area contributed by atoms with Crippen LogP contribution in [-0.2, 0) is 6.61 Å². The highest BCUT2D eigenvalue weighted by Crippen LogP contribution is 2.33. The minimum Gasteiger partial charge on any atom is -0.487 e. The third-order valence-electron chi connectivity index (χ3n) is 4.16. The third kappa shape index (κ3) is 4.24. The number of aryl methyl sites for hydroxylation is 1. The van der Waals surface area contributed by atoms with Gasteiger partial charge in [0, 0.05) is 17.3 Å². The molecule has 0 atom stereocenters. The summed E-state index contributed by atoms with van der Waals surface area (Å²) < 4.78 is 16.8. The van der Waals surface area contributed by atoms with Gasteiger partial charge in [0.25, 0.3) is 5.91 Å². The maximum absolute atomic E-state index is 12.5. The van der Waals surface area contributed by atoms with Gasteiger partial charge in [-0.1, -0.05) is 17.7 Å². The molecule has 3 aromatic rings. The monoisotopic (exact) mass is 415 g/mol. The number of rotatable bonds is 5. The van der Waals surface area contributed by atoms with Crippen molar-refractivity contribution in [2.45, 2.75) is 13.5 Å². The van der Waals surface area contributed by atoms with Crippen LogP contribution in [0.5, 0.6) is 17.2 Å². The van der Waals surface area contributed by atoms with Gasteiger partial charge >= 0.3 is 0 Å². The molecule has 0 aliphatic carbocycles. The van der Waals surface area contributed by atoms with Gasteiger partial charge in [0.1, 0.15) is 25.6 Å². The van der Waals surface area contributed by atoms with E-state index < -0.39 is 0 Å². The zero-order valence-electron chi connectivity index (χ0n) is 15.2. The van der Waals surface area contributed by atoms with E-state index >= 15 is 0 Å². The summed E-state index contributed by atoms with van der Waals surface area (Å²) in [6.45, 7) is 3.36. The smallest absolute Gasteiger partial charge is 0.265 e. The lowest BCUT2D eigenvalue weighted by molar-refractivity contribution is 0.103. The molecule has 0 spiro atoms. The highest BCUT2D eigenvalue weighted by molar-refractivity contribution is 7.12. The second-order valence-electron chi connectivity index (χ2n) is 6.35. The second-order valence-corrected chi connectivity index (χ2v) is 7.67. The van der Waals surface area contributed by atoms with Gasteiger partial charge in [-0.15, -0.1) is 11.3 Å². The number of anilines is 1. The summed E-state index contributed by atoms with van der Waals surface area (Å²) in [6.07, 6.45) is 0. The number of benzene rings is 2. The summed E-state index contributed by atoms with van der Waals surface area (Å²) in [5, 5.41) is 5.36. The molecule has 2 aromatic carbocycles. The zero-order valence-corrected chi connectivity index (χ0v) is 16.7. The Kier molecular flexibility index (Phi) is 5.41. The summed E-state index contributed by atoms with van der Waals surface area (Å²) in [6, 6.07) is 12.8. The number of carbonyl (C=O) groups is 1. The van der Waals surface area contributed by atoms with E-state index in [4.69, 9.17) is 25.8 Å². The fraction of sp³-hybridized carbons (Fsp3) is 0.190. The molecule has 7 heteroatoms. The molecule has 1 aliphatic rings. The summed E-state index contributed by atoms with van der Waals surface area (Å²) >= 11 is 7.52. The van der Waals surface area contributed by atoms with Crippen molar-refractivity contribution in [3.63, 3.8) is 0 Å². The lowest BCUT2D eigenvalue weighted by atomic mass is 10.2. The van der Waals surface area contributed by atoms with Crippen molar-refractivity contribution < 1.29 is 19.0 Å². The first-order chi connectivity index (χ1) is 13.6. The van der Waals surface area contributed by atoms with E-state index in [-0.39, 0.29) is 5.91 Å². The zero-order chi connectivity index (χ0) is 19.5. The molecule has 4 rings (SSSR count). The minimum atomic E-state index is -0.179. The molecule has 0 unspecified atom stereocenters. The Balaban J connectivity index is 1.39. The van der Waals surface area contributed by atoms with E-state index in [1.54, 1.807) is 18.2 Å². The summed E-state index contributed by atoms with van der Waals surface area (Å²) in [7, 11) is 0. The minimum absolute atomic E-state index is 0.179. The molecule has 28 heavy (non-hydrogen) atoms. The van der Waals surface area contributed by atoms with Gasteiger partial charge in [0.15, 0.2) is 11.5 Å². The van der Waals surface area contributed by atoms with Crippen LogP contribution in [0.25, 0.3) is 0 Å². The van der Waals surface area contributed by atoms with Gasteiger partial charge in [0.05, 0.1) is 9.90 Å². The number of ether oxygens (including phenoxy) is 3. The van der Waals surface area contributed by atoms with E-state index in [9.17, 15) is 4.79 Å². The molecule has 0 radical (unpaired) electrons. The van der Waals surface area contributed by atoms with Crippen LogP contribution < -0.4 is 19.5 Å². The molecular weight excluding hydrogens is 398 g/mol. The summed E-state index contributed by atoms with van der Waals surface area (Å²) in [5.41, 5.74) is 2.64. The van der Waals surface area contributed by atoms with Crippen LogP contribution in [0, 0.1) is 6.92 Å². The number of amides is 1. The standard InChI is InChI=1S/C21H18ClNO4S/c1-13-2-4-16(22)18(8-13)27-11-14-9-20(28-12-14)21(24)23-15-3-5-17-19(10-15)26-7-6-25-17/h2-5,8-10,12H,6-7,11H2,1H3,(H,23,24). The first-order valence-corrected chi connectivity index (χ1v) is 10.0.